The molecule has 24 heavy (non-hydrogen) atoms. The number of aliphatic carboxylic acids is 1. The first-order valence-electron chi connectivity index (χ1n) is 9.20. The average Bonchev–Trinajstić information content (AvgIpc) is 2.50. The molecule has 0 aromatic carbocycles. The summed E-state index contributed by atoms with van der Waals surface area (Å²) < 4.78 is 0. The van der Waals surface area contributed by atoms with E-state index < -0.39 is 22.4 Å². The maximum atomic E-state index is 12.9. The van der Waals surface area contributed by atoms with Gasteiger partial charge < -0.3 is 10.2 Å². The third kappa shape index (κ3) is 2.15. The van der Waals surface area contributed by atoms with Gasteiger partial charge in [0.25, 0.3) is 0 Å². The van der Waals surface area contributed by atoms with Crippen molar-refractivity contribution in [1.29, 1.82) is 0 Å². The fourth-order valence-electron chi connectivity index (χ4n) is 6.14. The van der Waals surface area contributed by atoms with E-state index in [1.807, 2.05) is 13.8 Å². The second-order valence-electron chi connectivity index (χ2n) is 9.01. The zero-order chi connectivity index (χ0) is 17.9. The zero-order valence-corrected chi connectivity index (χ0v) is 15.1. The summed E-state index contributed by atoms with van der Waals surface area (Å²) in [4.78, 5) is 24.9. The lowest BCUT2D eigenvalue weighted by atomic mass is 9.41. The molecule has 134 valence electrons. The van der Waals surface area contributed by atoms with Gasteiger partial charge in [0.2, 0.25) is 0 Å². The maximum absolute atomic E-state index is 12.9. The molecule has 3 fully saturated rings. The third-order valence-corrected chi connectivity index (χ3v) is 7.87. The number of allylic oxidation sites excluding steroid dienone is 1. The number of aliphatic hydroxyl groups is 1. The Bertz CT molecular complexity index is 596. The molecule has 0 radical (unpaired) electrons. The van der Waals surface area contributed by atoms with Crippen LogP contribution in [0, 0.1) is 28.6 Å². The van der Waals surface area contributed by atoms with E-state index in [4.69, 9.17) is 0 Å². The molecule has 3 aliphatic rings. The predicted octanol–water partition coefficient (Wildman–Crippen LogP) is 3.58. The third-order valence-electron chi connectivity index (χ3n) is 7.87. The molecule has 3 rings (SSSR count). The van der Waals surface area contributed by atoms with E-state index in [0.29, 0.717) is 19.3 Å². The minimum Gasteiger partial charge on any atom is -0.481 e. The number of carboxylic acids is 1. The fourth-order valence-corrected chi connectivity index (χ4v) is 6.14. The zero-order valence-electron chi connectivity index (χ0n) is 15.1. The van der Waals surface area contributed by atoms with Gasteiger partial charge in [0.1, 0.15) is 5.78 Å². The highest BCUT2D eigenvalue weighted by atomic mass is 16.4. The van der Waals surface area contributed by atoms with Gasteiger partial charge in [-0.2, -0.15) is 0 Å². The van der Waals surface area contributed by atoms with Crippen molar-refractivity contribution in [3.63, 3.8) is 0 Å². The van der Waals surface area contributed by atoms with Crippen molar-refractivity contribution in [2.75, 3.05) is 0 Å². The van der Waals surface area contributed by atoms with Gasteiger partial charge in [-0.25, -0.2) is 0 Å². The second-order valence-corrected chi connectivity index (χ2v) is 9.01. The molecule has 0 heterocycles. The summed E-state index contributed by atoms with van der Waals surface area (Å²) in [7, 11) is 0. The van der Waals surface area contributed by atoms with E-state index >= 15 is 0 Å². The Morgan fingerprint density at radius 1 is 1.25 bits per heavy atom. The number of ketones is 1. The van der Waals surface area contributed by atoms with Crippen LogP contribution in [-0.2, 0) is 9.59 Å². The molecule has 0 aromatic heterocycles. The van der Waals surface area contributed by atoms with Crippen LogP contribution in [0.1, 0.15) is 65.7 Å². The summed E-state index contributed by atoms with van der Waals surface area (Å²) in [5, 5.41) is 21.5. The summed E-state index contributed by atoms with van der Waals surface area (Å²) >= 11 is 0. The number of carbonyl (C=O) groups excluding carboxylic acids is 1. The molecule has 0 spiro atoms. The van der Waals surface area contributed by atoms with Gasteiger partial charge in [0.15, 0.2) is 0 Å². The lowest BCUT2D eigenvalue weighted by Gasteiger charge is -2.63. The molecule has 0 bridgehead atoms. The van der Waals surface area contributed by atoms with E-state index in [9.17, 15) is 19.8 Å². The number of hydrogen-bond acceptors (Lipinski definition) is 3. The first kappa shape index (κ1) is 17.7. The summed E-state index contributed by atoms with van der Waals surface area (Å²) in [5.74, 6) is -1.14. The fraction of sp³-hybridized carbons (Fsp3) is 0.800. The summed E-state index contributed by atoms with van der Waals surface area (Å²) in [5.41, 5.74) is -1.42. The van der Waals surface area contributed by atoms with Crippen LogP contribution in [0.25, 0.3) is 0 Å². The lowest BCUT2D eigenvalue weighted by Crippen LogP contribution is -2.68. The Morgan fingerprint density at radius 3 is 2.50 bits per heavy atom. The van der Waals surface area contributed by atoms with Crippen LogP contribution in [0.5, 0.6) is 0 Å². The van der Waals surface area contributed by atoms with Crippen LogP contribution in [0.15, 0.2) is 12.2 Å². The molecular weight excluding hydrogens is 304 g/mol. The van der Waals surface area contributed by atoms with Crippen LogP contribution in [0.4, 0.5) is 0 Å². The van der Waals surface area contributed by atoms with Crippen molar-refractivity contribution in [3.05, 3.63) is 12.2 Å². The van der Waals surface area contributed by atoms with Crippen molar-refractivity contribution in [1.82, 2.24) is 0 Å². The average molecular weight is 334 g/mol. The molecule has 4 nitrogen and oxygen atoms in total. The largest absolute Gasteiger partial charge is 0.481 e. The molecule has 0 aromatic rings. The van der Waals surface area contributed by atoms with Gasteiger partial charge >= 0.3 is 5.97 Å². The standard InChI is InChI=1S/C20H30O4/c1-12(2)13-6-9-20(24)14(10-13)15(21)11-16-18(3,17(22)23)7-5-8-19(16,20)4/h13-14,16,24H,1,5-11H2,2-4H3,(H,22,23). The van der Waals surface area contributed by atoms with Crippen molar-refractivity contribution >= 4 is 11.8 Å². The van der Waals surface area contributed by atoms with Gasteiger partial charge in [-0.1, -0.05) is 25.5 Å². The van der Waals surface area contributed by atoms with E-state index in [2.05, 4.69) is 6.58 Å². The summed E-state index contributed by atoms with van der Waals surface area (Å²) in [6, 6.07) is 0. The quantitative estimate of drug-likeness (QED) is 0.757. The number of fused-ring (bicyclic) bond motifs is 3. The molecule has 4 heteroatoms. The van der Waals surface area contributed by atoms with Gasteiger partial charge in [-0.3, -0.25) is 9.59 Å². The normalized spacial score (nSPS) is 48.3. The molecule has 3 saturated carbocycles. The molecule has 2 N–H and O–H groups in total. The van der Waals surface area contributed by atoms with E-state index in [-0.39, 0.29) is 30.0 Å². The number of carbonyl (C=O) groups is 2. The number of hydrogen-bond donors (Lipinski definition) is 2. The minimum absolute atomic E-state index is 0.0558. The van der Waals surface area contributed by atoms with E-state index in [1.54, 1.807) is 6.92 Å². The smallest absolute Gasteiger partial charge is 0.309 e. The highest BCUT2D eigenvalue weighted by Gasteiger charge is 2.67. The van der Waals surface area contributed by atoms with E-state index in [0.717, 1.165) is 24.8 Å². The van der Waals surface area contributed by atoms with Crippen LogP contribution in [-0.4, -0.2) is 27.6 Å². The van der Waals surface area contributed by atoms with Crippen LogP contribution < -0.4 is 0 Å². The van der Waals surface area contributed by atoms with Crippen LogP contribution in [0.2, 0.25) is 0 Å². The number of Topliss-reactive ketones (excluding diaryl/α,β-unsaturated/α-hetero) is 1. The van der Waals surface area contributed by atoms with Gasteiger partial charge in [0, 0.05) is 17.8 Å². The van der Waals surface area contributed by atoms with Gasteiger partial charge in [-0.15, -0.1) is 0 Å². The predicted molar refractivity (Wildman–Crippen MR) is 91.4 cm³/mol. The Hall–Kier alpha value is -1.16. The first-order chi connectivity index (χ1) is 11.1. The summed E-state index contributed by atoms with van der Waals surface area (Å²) in [6.07, 6.45) is 4.55. The highest BCUT2D eigenvalue weighted by Crippen LogP contribution is 2.65. The minimum atomic E-state index is -1.07. The number of carboxylic acid groups (broad SMARTS) is 1. The second kappa shape index (κ2) is 5.42. The van der Waals surface area contributed by atoms with Gasteiger partial charge in [-0.05, 0) is 57.8 Å². The van der Waals surface area contributed by atoms with Gasteiger partial charge in [0.05, 0.1) is 11.0 Å². The first-order valence-corrected chi connectivity index (χ1v) is 9.20. The Morgan fingerprint density at radius 2 is 1.92 bits per heavy atom. The molecule has 3 aliphatic carbocycles. The monoisotopic (exact) mass is 334 g/mol. The van der Waals surface area contributed by atoms with Crippen molar-refractivity contribution < 1.29 is 19.8 Å². The molecule has 0 saturated heterocycles. The summed E-state index contributed by atoms with van der Waals surface area (Å²) in [6.45, 7) is 9.85. The molecule has 6 unspecified atom stereocenters. The van der Waals surface area contributed by atoms with E-state index in [1.165, 1.54) is 0 Å². The molecular formula is C20H30O4. The van der Waals surface area contributed by atoms with Crippen LogP contribution in [0.3, 0.4) is 0 Å². The SMILES string of the molecule is C=C(C)C1CCC2(O)C(C1)C(=O)CC1C(C)(C(=O)O)CCCC12C. The van der Waals surface area contributed by atoms with Crippen molar-refractivity contribution in [2.24, 2.45) is 28.6 Å². The molecule has 6 atom stereocenters. The Kier molecular flexibility index (Phi) is 3.99. The molecule has 0 amide bonds. The topological polar surface area (TPSA) is 74.6 Å². The van der Waals surface area contributed by atoms with Crippen molar-refractivity contribution in [3.8, 4) is 0 Å². The Balaban J connectivity index is 2.03. The Labute approximate surface area is 144 Å². The lowest BCUT2D eigenvalue weighted by molar-refractivity contribution is -0.226. The number of rotatable bonds is 2. The van der Waals surface area contributed by atoms with Crippen molar-refractivity contribution in [2.45, 2.75) is 71.3 Å². The van der Waals surface area contributed by atoms with Crippen LogP contribution >= 0.6 is 0 Å². The highest BCUT2D eigenvalue weighted by molar-refractivity contribution is 5.86. The molecule has 0 aliphatic heterocycles. The maximum Gasteiger partial charge on any atom is 0.309 e.